The lowest BCUT2D eigenvalue weighted by molar-refractivity contribution is -0.274. The lowest BCUT2D eigenvalue weighted by Gasteiger charge is -2.12. The number of hydrogen-bond donors (Lipinski definition) is 1. The summed E-state index contributed by atoms with van der Waals surface area (Å²) in [4.78, 5) is 11.5. The lowest BCUT2D eigenvalue weighted by Crippen LogP contribution is -2.28. The number of hydrazone groups is 1. The van der Waals surface area contributed by atoms with E-state index in [1.54, 1.807) is 0 Å². The van der Waals surface area contributed by atoms with Crippen molar-refractivity contribution >= 4 is 21.9 Å². The highest BCUT2D eigenvalue weighted by atomic mass is 32.2. The summed E-state index contributed by atoms with van der Waals surface area (Å²) in [6.07, 6.45) is -5.88. The Labute approximate surface area is 182 Å². The van der Waals surface area contributed by atoms with Crippen LogP contribution in [0.5, 0.6) is 11.5 Å². The average molecular weight is 500 g/mol. The van der Waals surface area contributed by atoms with Gasteiger partial charge in [-0.25, -0.2) is 10.2 Å². The fourth-order valence-corrected chi connectivity index (χ4v) is 2.68. The number of benzene rings is 2. The van der Waals surface area contributed by atoms with Crippen LogP contribution in [0.4, 0.5) is 31.1 Å². The number of rotatable bonds is 7. The molecule has 0 radical (unpaired) electrons. The number of carbonyl (C=O) groups is 1. The second-order valence-electron chi connectivity index (χ2n) is 5.87. The van der Waals surface area contributed by atoms with E-state index in [9.17, 15) is 39.6 Å². The molecular weight excluding hydrogens is 486 g/mol. The summed E-state index contributed by atoms with van der Waals surface area (Å²) in [7, 11) is -5.89. The molecule has 0 spiro atoms. The van der Waals surface area contributed by atoms with Gasteiger partial charge in [-0.3, -0.25) is 0 Å². The molecule has 33 heavy (non-hydrogen) atoms. The molecule has 2 rings (SSSR count). The van der Waals surface area contributed by atoms with Crippen LogP contribution < -0.4 is 14.3 Å². The number of amides is 1. The maximum Gasteiger partial charge on any atom is 0.573 e. The number of alkyl halides is 6. The van der Waals surface area contributed by atoms with Crippen molar-refractivity contribution in [1.29, 1.82) is 0 Å². The molecule has 15 heteroatoms. The van der Waals surface area contributed by atoms with E-state index in [1.165, 1.54) is 19.1 Å². The second-order valence-corrected chi connectivity index (χ2v) is 7.41. The predicted molar refractivity (Wildman–Crippen MR) is 101 cm³/mol. The first-order valence-corrected chi connectivity index (χ1v) is 10.1. The van der Waals surface area contributed by atoms with Gasteiger partial charge in [0.05, 0.1) is 12.3 Å². The van der Waals surface area contributed by atoms with Crippen molar-refractivity contribution in [2.75, 3.05) is 6.61 Å². The predicted octanol–water partition coefficient (Wildman–Crippen LogP) is 4.31. The average Bonchev–Trinajstić information content (AvgIpc) is 2.68. The van der Waals surface area contributed by atoms with Crippen molar-refractivity contribution in [2.24, 2.45) is 5.10 Å². The smallest absolute Gasteiger partial charge is 0.449 e. The number of nitrogens with one attached hydrogen (secondary N) is 1. The maximum absolute atomic E-state index is 12.5. The molecule has 0 fully saturated rings. The molecule has 180 valence electrons. The molecule has 0 heterocycles. The summed E-state index contributed by atoms with van der Waals surface area (Å²) < 4.78 is 109. The minimum absolute atomic E-state index is 0.0138. The summed E-state index contributed by atoms with van der Waals surface area (Å²) in [5, 5.41) is 3.82. The molecule has 2 aromatic carbocycles. The highest BCUT2D eigenvalue weighted by Gasteiger charge is 2.48. The van der Waals surface area contributed by atoms with Crippen LogP contribution in [-0.4, -0.2) is 38.7 Å². The molecule has 0 saturated heterocycles. The van der Waals surface area contributed by atoms with Crippen LogP contribution in [0.3, 0.4) is 0 Å². The Morgan fingerprint density at radius 3 is 1.82 bits per heavy atom. The number of nitrogens with zero attached hydrogens (tertiary/aromatic N) is 1. The number of halogens is 6. The normalized spacial score (nSPS) is 12.8. The van der Waals surface area contributed by atoms with Crippen LogP contribution in [0.15, 0.2) is 53.6 Å². The van der Waals surface area contributed by atoms with Crippen molar-refractivity contribution in [2.45, 2.75) is 18.8 Å². The zero-order valence-corrected chi connectivity index (χ0v) is 17.2. The quantitative estimate of drug-likeness (QED) is 0.200. The van der Waals surface area contributed by atoms with E-state index in [4.69, 9.17) is 0 Å². The topological polar surface area (TPSA) is 103 Å². The van der Waals surface area contributed by atoms with E-state index >= 15 is 0 Å². The molecular formula is C18H14F6N2O6S. The number of carbonyl (C=O) groups excluding carboxylic acids is 1. The fraction of sp³-hybridized carbons (Fsp3) is 0.222. The molecule has 0 aliphatic carbocycles. The molecule has 0 aliphatic heterocycles. The fourth-order valence-electron chi connectivity index (χ4n) is 2.22. The van der Waals surface area contributed by atoms with Gasteiger partial charge in [-0.1, -0.05) is 0 Å². The molecule has 0 atom stereocenters. The third kappa shape index (κ3) is 7.55. The molecule has 0 bridgehead atoms. The zero-order chi connectivity index (χ0) is 24.9. The molecule has 8 nitrogen and oxygen atoms in total. The molecule has 2 aromatic rings. The Bertz CT molecular complexity index is 1100. The monoisotopic (exact) mass is 500 g/mol. The summed E-state index contributed by atoms with van der Waals surface area (Å²) >= 11 is 0. The van der Waals surface area contributed by atoms with Gasteiger partial charge in [0, 0.05) is 11.1 Å². The summed E-state index contributed by atoms with van der Waals surface area (Å²) in [5.74, 6) is -1.20. The highest BCUT2D eigenvalue weighted by Crippen LogP contribution is 2.28. The van der Waals surface area contributed by atoms with Crippen LogP contribution in [0.2, 0.25) is 0 Å². The standard InChI is InChI=1S/C18H14F6N2O6S/c1-2-30-16(27)26-25-15(11-3-7-13(8-4-11)31-17(19,20)21)12-5-9-14(10-6-12)32-33(28,29)18(22,23)24/h3-10H,2H2,1H3,(H,26,27). The van der Waals surface area contributed by atoms with Crippen LogP contribution >= 0.6 is 0 Å². The lowest BCUT2D eigenvalue weighted by atomic mass is 10.0. The van der Waals surface area contributed by atoms with Crippen molar-refractivity contribution in [1.82, 2.24) is 5.43 Å². The van der Waals surface area contributed by atoms with E-state index in [1.807, 2.05) is 5.43 Å². The van der Waals surface area contributed by atoms with Gasteiger partial charge in [0.25, 0.3) is 0 Å². The van der Waals surface area contributed by atoms with E-state index in [0.717, 1.165) is 36.4 Å². The van der Waals surface area contributed by atoms with Crippen LogP contribution in [-0.2, 0) is 14.9 Å². The van der Waals surface area contributed by atoms with Crippen molar-refractivity contribution in [3.05, 3.63) is 59.7 Å². The van der Waals surface area contributed by atoms with Gasteiger partial charge in [0.15, 0.2) is 0 Å². The van der Waals surface area contributed by atoms with Crippen LogP contribution in [0.25, 0.3) is 0 Å². The van der Waals surface area contributed by atoms with E-state index in [2.05, 4.69) is 18.8 Å². The molecule has 0 unspecified atom stereocenters. The highest BCUT2D eigenvalue weighted by molar-refractivity contribution is 7.88. The Morgan fingerprint density at radius 1 is 0.909 bits per heavy atom. The third-order valence-electron chi connectivity index (χ3n) is 3.51. The Kier molecular flexibility index (Phi) is 7.79. The minimum atomic E-state index is -5.89. The van der Waals surface area contributed by atoms with Crippen molar-refractivity contribution in [3.63, 3.8) is 0 Å². The second kappa shape index (κ2) is 9.97. The number of ether oxygens (including phenoxy) is 2. The Balaban J connectivity index is 2.36. The van der Waals surface area contributed by atoms with Gasteiger partial charge in [-0.2, -0.15) is 26.7 Å². The number of hydrogen-bond acceptors (Lipinski definition) is 7. The van der Waals surface area contributed by atoms with Gasteiger partial charge >= 0.3 is 28.1 Å². The third-order valence-corrected chi connectivity index (χ3v) is 4.49. The first-order valence-electron chi connectivity index (χ1n) is 8.69. The summed E-state index contributed by atoms with van der Waals surface area (Å²) in [6.45, 7) is 1.54. The maximum atomic E-state index is 12.5. The van der Waals surface area contributed by atoms with Gasteiger partial charge in [0.2, 0.25) is 0 Å². The minimum Gasteiger partial charge on any atom is -0.449 e. The molecule has 0 aliphatic rings. The van der Waals surface area contributed by atoms with Gasteiger partial charge in [0.1, 0.15) is 11.5 Å². The van der Waals surface area contributed by atoms with E-state index in [0.29, 0.717) is 0 Å². The molecule has 1 N–H and O–H groups in total. The van der Waals surface area contributed by atoms with Crippen LogP contribution in [0.1, 0.15) is 18.1 Å². The molecule has 0 saturated carbocycles. The summed E-state index contributed by atoms with van der Waals surface area (Å²) in [5.41, 5.74) is -3.34. The Morgan fingerprint density at radius 2 is 1.39 bits per heavy atom. The first-order chi connectivity index (χ1) is 15.2. The first kappa shape index (κ1) is 25.8. The van der Waals surface area contributed by atoms with Crippen molar-refractivity contribution in [3.8, 4) is 11.5 Å². The van der Waals surface area contributed by atoms with Gasteiger partial charge in [-0.15, -0.1) is 13.2 Å². The summed E-state index contributed by atoms with van der Waals surface area (Å²) in [6, 6.07) is 8.29. The SMILES string of the molecule is CCOC(=O)NN=C(c1ccc(OC(F)(F)F)cc1)c1ccc(OS(=O)(=O)C(F)(F)F)cc1. The Hall–Kier alpha value is -3.49. The van der Waals surface area contributed by atoms with Crippen LogP contribution in [0, 0.1) is 0 Å². The van der Waals surface area contributed by atoms with E-state index in [-0.39, 0.29) is 23.4 Å². The van der Waals surface area contributed by atoms with Gasteiger partial charge < -0.3 is 13.7 Å². The largest absolute Gasteiger partial charge is 0.573 e. The van der Waals surface area contributed by atoms with Gasteiger partial charge in [-0.05, 0) is 55.5 Å². The van der Waals surface area contributed by atoms with E-state index < -0.39 is 39.6 Å². The zero-order valence-electron chi connectivity index (χ0n) is 16.4. The molecule has 0 aromatic heterocycles. The molecule has 1 amide bonds. The van der Waals surface area contributed by atoms with Crippen molar-refractivity contribution < 1.29 is 53.2 Å².